The zero-order chi connectivity index (χ0) is 5.56. The molecular formula is C6H10IN. The molecule has 0 unspecified atom stereocenters. The van der Waals surface area contributed by atoms with Crippen LogP contribution in [0.1, 0.15) is 19.3 Å². The van der Waals surface area contributed by atoms with Crippen molar-refractivity contribution in [2.45, 2.75) is 25.3 Å². The van der Waals surface area contributed by atoms with E-state index in [1.807, 2.05) is 0 Å². The summed E-state index contributed by atoms with van der Waals surface area (Å²) in [5.41, 5.74) is 0. The summed E-state index contributed by atoms with van der Waals surface area (Å²) < 4.78 is 2.47. The minimum atomic E-state index is 0.967. The quantitative estimate of drug-likeness (QED) is 0.447. The molecule has 0 radical (unpaired) electrons. The van der Waals surface area contributed by atoms with E-state index < -0.39 is 0 Å². The molecule has 0 aromatic rings. The number of hydrogen-bond donors (Lipinski definition) is 0. The number of rotatable bonds is 0. The molecule has 1 nitrogen and oxygen atoms in total. The van der Waals surface area contributed by atoms with E-state index in [-0.39, 0.29) is 0 Å². The van der Waals surface area contributed by atoms with Crippen molar-refractivity contribution in [3.63, 3.8) is 0 Å². The van der Waals surface area contributed by atoms with Crippen LogP contribution in [0.4, 0.5) is 0 Å². The maximum atomic E-state index is 2.47. The first-order valence-electron chi connectivity index (χ1n) is 3.28. The van der Waals surface area contributed by atoms with E-state index in [1.54, 1.807) is 0 Å². The smallest absolute Gasteiger partial charge is 0.0204 e. The minimum Gasteiger partial charge on any atom is -0.244 e. The van der Waals surface area contributed by atoms with Crippen LogP contribution in [0.5, 0.6) is 0 Å². The van der Waals surface area contributed by atoms with E-state index >= 15 is 0 Å². The third-order valence-electron chi connectivity index (χ3n) is 2.36. The standard InChI is InChI=1S/C6H10IN/c7-8-2-1-5-3-6(8)4-5/h5-6H,1-4H2. The molecule has 3 fully saturated rings. The average molecular weight is 223 g/mol. The molecule has 2 saturated heterocycles. The SMILES string of the molecule is IN1CCC2CC1C2. The monoisotopic (exact) mass is 223 g/mol. The second-order valence-corrected chi connectivity index (χ2v) is 4.14. The molecule has 3 rings (SSSR count). The molecule has 2 heterocycles. The first kappa shape index (κ1) is 5.47. The van der Waals surface area contributed by atoms with Crippen molar-refractivity contribution in [2.24, 2.45) is 5.92 Å². The van der Waals surface area contributed by atoms with Gasteiger partial charge >= 0.3 is 0 Å². The lowest BCUT2D eigenvalue weighted by atomic mass is 9.75. The van der Waals surface area contributed by atoms with Crippen molar-refractivity contribution in [2.75, 3.05) is 6.54 Å². The Morgan fingerprint density at radius 2 is 2.12 bits per heavy atom. The van der Waals surface area contributed by atoms with Gasteiger partial charge in [-0.2, -0.15) is 0 Å². The zero-order valence-corrected chi connectivity index (χ0v) is 6.97. The Kier molecular flexibility index (Phi) is 1.26. The Bertz CT molecular complexity index is 93.2. The fourth-order valence-electron chi connectivity index (χ4n) is 1.65. The van der Waals surface area contributed by atoms with Crippen LogP contribution >= 0.6 is 22.9 Å². The number of fused-ring (bicyclic) bond motifs is 2. The van der Waals surface area contributed by atoms with Gasteiger partial charge < -0.3 is 0 Å². The van der Waals surface area contributed by atoms with Crippen LogP contribution in [-0.4, -0.2) is 15.7 Å². The molecule has 0 amide bonds. The molecule has 46 valence electrons. The van der Waals surface area contributed by atoms with Crippen molar-refractivity contribution >= 4 is 22.9 Å². The molecule has 3 aliphatic rings. The van der Waals surface area contributed by atoms with Crippen molar-refractivity contribution < 1.29 is 0 Å². The summed E-state index contributed by atoms with van der Waals surface area (Å²) in [5.74, 6) is 1.12. The predicted octanol–water partition coefficient (Wildman–Crippen LogP) is 1.82. The van der Waals surface area contributed by atoms with Gasteiger partial charge in [0.25, 0.3) is 0 Å². The lowest BCUT2D eigenvalue weighted by molar-refractivity contribution is 0.0992. The number of piperidine rings is 2. The van der Waals surface area contributed by atoms with Crippen molar-refractivity contribution in [3.8, 4) is 0 Å². The highest BCUT2D eigenvalue weighted by Crippen LogP contribution is 2.40. The summed E-state index contributed by atoms with van der Waals surface area (Å²) in [5, 5.41) is 0. The third kappa shape index (κ3) is 0.692. The van der Waals surface area contributed by atoms with E-state index in [2.05, 4.69) is 26.0 Å². The maximum Gasteiger partial charge on any atom is 0.0204 e. The molecular weight excluding hydrogens is 213 g/mol. The highest BCUT2D eigenvalue weighted by molar-refractivity contribution is 14.1. The number of hydrogen-bond acceptors (Lipinski definition) is 1. The van der Waals surface area contributed by atoms with E-state index in [4.69, 9.17) is 0 Å². The van der Waals surface area contributed by atoms with Gasteiger partial charge in [0.05, 0.1) is 0 Å². The predicted molar refractivity (Wildman–Crippen MR) is 41.9 cm³/mol. The second-order valence-electron chi connectivity index (χ2n) is 2.90. The molecule has 2 aliphatic heterocycles. The first-order chi connectivity index (χ1) is 3.86. The lowest BCUT2D eigenvalue weighted by Crippen LogP contribution is -2.46. The first-order valence-corrected chi connectivity index (χ1v) is 4.25. The van der Waals surface area contributed by atoms with Gasteiger partial charge in [-0.25, -0.2) is 3.11 Å². The Hall–Kier alpha value is 0.690. The highest BCUT2D eigenvalue weighted by atomic mass is 127. The van der Waals surface area contributed by atoms with Gasteiger partial charge in [-0.15, -0.1) is 0 Å². The Labute approximate surface area is 63.9 Å². The van der Waals surface area contributed by atoms with Crippen LogP contribution in [0.25, 0.3) is 0 Å². The molecule has 2 heteroatoms. The zero-order valence-electron chi connectivity index (χ0n) is 4.81. The van der Waals surface area contributed by atoms with Gasteiger partial charge in [0, 0.05) is 35.5 Å². The van der Waals surface area contributed by atoms with Crippen molar-refractivity contribution in [1.29, 1.82) is 0 Å². The Morgan fingerprint density at radius 1 is 1.38 bits per heavy atom. The minimum absolute atomic E-state index is 0.967. The molecule has 1 aliphatic carbocycles. The summed E-state index contributed by atoms with van der Waals surface area (Å²) in [7, 11) is 0. The summed E-state index contributed by atoms with van der Waals surface area (Å²) >= 11 is 2.45. The largest absolute Gasteiger partial charge is 0.244 e. The van der Waals surface area contributed by atoms with Gasteiger partial charge in [-0.05, 0) is 25.2 Å². The molecule has 0 N–H and O–H groups in total. The van der Waals surface area contributed by atoms with Gasteiger partial charge in [0.2, 0.25) is 0 Å². The van der Waals surface area contributed by atoms with E-state index in [9.17, 15) is 0 Å². The molecule has 0 aromatic carbocycles. The van der Waals surface area contributed by atoms with Gasteiger partial charge in [-0.3, -0.25) is 0 Å². The highest BCUT2D eigenvalue weighted by Gasteiger charge is 2.37. The van der Waals surface area contributed by atoms with Crippen LogP contribution < -0.4 is 0 Å². The maximum absolute atomic E-state index is 2.47. The fraction of sp³-hybridized carbons (Fsp3) is 1.00. The fourth-order valence-corrected chi connectivity index (χ4v) is 2.39. The van der Waals surface area contributed by atoms with Crippen LogP contribution in [0, 0.1) is 5.92 Å². The van der Waals surface area contributed by atoms with Crippen LogP contribution in [-0.2, 0) is 0 Å². The molecule has 0 aromatic heterocycles. The Morgan fingerprint density at radius 3 is 2.38 bits per heavy atom. The summed E-state index contributed by atoms with van der Waals surface area (Å²) in [6, 6.07) is 0.967. The topological polar surface area (TPSA) is 3.24 Å². The summed E-state index contributed by atoms with van der Waals surface area (Å²) in [6.45, 7) is 1.34. The lowest BCUT2D eigenvalue weighted by Gasteiger charge is -2.46. The Balaban J connectivity index is 2.01. The van der Waals surface area contributed by atoms with Crippen LogP contribution in [0.2, 0.25) is 0 Å². The number of nitrogens with zero attached hydrogens (tertiary/aromatic N) is 1. The van der Waals surface area contributed by atoms with Crippen LogP contribution in [0.15, 0.2) is 0 Å². The second kappa shape index (κ2) is 1.84. The summed E-state index contributed by atoms with van der Waals surface area (Å²) in [6.07, 6.45) is 4.44. The van der Waals surface area contributed by atoms with Gasteiger partial charge in [-0.1, -0.05) is 0 Å². The molecule has 2 bridgehead atoms. The normalized spacial score (nSPS) is 46.1. The molecule has 8 heavy (non-hydrogen) atoms. The average Bonchev–Trinajstić information content (AvgIpc) is 1.62. The number of halogens is 1. The third-order valence-corrected chi connectivity index (χ3v) is 3.63. The molecule has 0 atom stereocenters. The molecule has 1 saturated carbocycles. The van der Waals surface area contributed by atoms with Crippen LogP contribution in [0.3, 0.4) is 0 Å². The van der Waals surface area contributed by atoms with Crippen molar-refractivity contribution in [1.82, 2.24) is 3.11 Å². The summed E-state index contributed by atoms with van der Waals surface area (Å²) in [4.78, 5) is 0. The van der Waals surface area contributed by atoms with E-state index in [1.165, 1.54) is 25.8 Å². The molecule has 0 spiro atoms. The van der Waals surface area contributed by atoms with E-state index in [0.717, 1.165) is 12.0 Å². The van der Waals surface area contributed by atoms with E-state index in [0.29, 0.717) is 0 Å². The van der Waals surface area contributed by atoms with Crippen molar-refractivity contribution in [3.05, 3.63) is 0 Å². The van der Waals surface area contributed by atoms with Gasteiger partial charge in [0.15, 0.2) is 0 Å². The van der Waals surface area contributed by atoms with Gasteiger partial charge in [0.1, 0.15) is 0 Å².